The smallest absolute Gasteiger partial charge is 0.308 e. The van der Waals surface area contributed by atoms with E-state index >= 15 is 0 Å². The number of nitrogens with zero attached hydrogens (tertiary/aromatic N) is 2. The zero-order chi connectivity index (χ0) is 12.5. The number of piperidine rings is 1. The molecule has 1 aromatic heterocycles. The molecule has 2 aliphatic rings. The van der Waals surface area contributed by atoms with E-state index < -0.39 is 5.97 Å². The van der Waals surface area contributed by atoms with E-state index in [1.165, 1.54) is 18.5 Å². The van der Waals surface area contributed by atoms with Gasteiger partial charge in [0, 0.05) is 18.4 Å². The fourth-order valence-electron chi connectivity index (χ4n) is 3.02. The van der Waals surface area contributed by atoms with E-state index in [1.807, 2.05) is 6.20 Å². The van der Waals surface area contributed by atoms with E-state index in [-0.39, 0.29) is 5.92 Å². The van der Waals surface area contributed by atoms with Crippen molar-refractivity contribution in [2.75, 3.05) is 6.54 Å². The Morgan fingerprint density at radius 1 is 1.44 bits per heavy atom. The lowest BCUT2D eigenvalue weighted by atomic mass is 9.97. The molecule has 98 valence electrons. The molecule has 0 aromatic carbocycles. The van der Waals surface area contributed by atoms with Crippen LogP contribution in [0.5, 0.6) is 0 Å². The standard InChI is InChI=1S/C13H19N3O2/c17-13(18)9-4-5-10-7-15-12(16(10)8-9)11-3-1-2-6-14-11/h7,9,11,14H,1-6,8H2,(H,17,18). The first kappa shape index (κ1) is 11.7. The van der Waals surface area contributed by atoms with Crippen molar-refractivity contribution >= 4 is 5.97 Å². The summed E-state index contributed by atoms with van der Waals surface area (Å²) in [7, 11) is 0. The molecule has 1 aromatic rings. The van der Waals surface area contributed by atoms with Gasteiger partial charge in [0.05, 0.1) is 12.0 Å². The Bertz CT molecular complexity index is 449. The summed E-state index contributed by atoms with van der Waals surface area (Å²) in [6.07, 6.45) is 7.04. The van der Waals surface area contributed by atoms with Crippen LogP contribution in [0.4, 0.5) is 0 Å². The SMILES string of the molecule is O=C(O)C1CCc2cnc(C3CCCCN3)n2C1. The Kier molecular flexibility index (Phi) is 3.07. The number of rotatable bonds is 2. The highest BCUT2D eigenvalue weighted by atomic mass is 16.4. The Morgan fingerprint density at radius 2 is 2.33 bits per heavy atom. The van der Waals surface area contributed by atoms with E-state index in [0.29, 0.717) is 12.6 Å². The lowest BCUT2D eigenvalue weighted by Gasteiger charge is -2.27. The van der Waals surface area contributed by atoms with Crippen LogP contribution in [0.15, 0.2) is 6.20 Å². The maximum absolute atomic E-state index is 11.1. The van der Waals surface area contributed by atoms with E-state index in [1.54, 1.807) is 0 Å². The van der Waals surface area contributed by atoms with Gasteiger partial charge in [-0.25, -0.2) is 4.98 Å². The van der Waals surface area contributed by atoms with Gasteiger partial charge in [-0.3, -0.25) is 4.79 Å². The first-order chi connectivity index (χ1) is 8.75. The van der Waals surface area contributed by atoms with Crippen LogP contribution in [0.25, 0.3) is 0 Å². The Morgan fingerprint density at radius 3 is 3.06 bits per heavy atom. The number of carboxylic acids is 1. The van der Waals surface area contributed by atoms with Crippen LogP contribution in [0.2, 0.25) is 0 Å². The van der Waals surface area contributed by atoms with Gasteiger partial charge in [0.15, 0.2) is 0 Å². The molecule has 3 rings (SSSR count). The van der Waals surface area contributed by atoms with Gasteiger partial charge >= 0.3 is 5.97 Å². The summed E-state index contributed by atoms with van der Waals surface area (Å²) in [6.45, 7) is 1.62. The first-order valence-corrected chi connectivity index (χ1v) is 6.76. The molecule has 0 aliphatic carbocycles. The fraction of sp³-hybridized carbons (Fsp3) is 0.692. The molecule has 0 spiro atoms. The number of aryl methyl sites for hydroxylation is 1. The number of aromatic nitrogens is 2. The van der Waals surface area contributed by atoms with Gasteiger partial charge in [0.1, 0.15) is 5.82 Å². The third kappa shape index (κ3) is 2.03. The Labute approximate surface area is 106 Å². The summed E-state index contributed by atoms with van der Waals surface area (Å²) < 4.78 is 2.13. The van der Waals surface area contributed by atoms with Crippen LogP contribution >= 0.6 is 0 Å². The number of carboxylic acid groups (broad SMARTS) is 1. The summed E-state index contributed by atoms with van der Waals surface area (Å²) in [6, 6.07) is 0.306. The van der Waals surface area contributed by atoms with Crippen LogP contribution in [0, 0.1) is 5.92 Å². The normalized spacial score (nSPS) is 27.8. The molecule has 2 atom stereocenters. The molecule has 2 N–H and O–H groups in total. The minimum absolute atomic E-state index is 0.256. The van der Waals surface area contributed by atoms with Gasteiger partial charge in [0.25, 0.3) is 0 Å². The van der Waals surface area contributed by atoms with E-state index in [2.05, 4.69) is 14.9 Å². The minimum Gasteiger partial charge on any atom is -0.481 e. The predicted molar refractivity (Wildman–Crippen MR) is 66.3 cm³/mol. The predicted octanol–water partition coefficient (Wildman–Crippen LogP) is 1.34. The van der Waals surface area contributed by atoms with Crippen molar-refractivity contribution < 1.29 is 9.90 Å². The zero-order valence-corrected chi connectivity index (χ0v) is 10.4. The topological polar surface area (TPSA) is 67.2 Å². The average molecular weight is 249 g/mol. The number of imidazole rings is 1. The molecule has 0 bridgehead atoms. The number of nitrogens with one attached hydrogen (secondary N) is 1. The third-order valence-electron chi connectivity index (χ3n) is 4.09. The summed E-state index contributed by atoms with van der Waals surface area (Å²) in [4.78, 5) is 15.6. The molecule has 5 nitrogen and oxygen atoms in total. The largest absolute Gasteiger partial charge is 0.481 e. The summed E-state index contributed by atoms with van der Waals surface area (Å²) in [5.41, 5.74) is 1.19. The molecule has 18 heavy (non-hydrogen) atoms. The Hall–Kier alpha value is -1.36. The molecule has 2 unspecified atom stereocenters. The maximum Gasteiger partial charge on any atom is 0.308 e. The van der Waals surface area contributed by atoms with Gasteiger partial charge in [-0.15, -0.1) is 0 Å². The van der Waals surface area contributed by atoms with Crippen LogP contribution in [0.3, 0.4) is 0 Å². The maximum atomic E-state index is 11.1. The molecule has 0 amide bonds. The van der Waals surface area contributed by atoms with Crippen molar-refractivity contribution in [1.29, 1.82) is 0 Å². The quantitative estimate of drug-likeness (QED) is 0.830. The highest BCUT2D eigenvalue weighted by molar-refractivity contribution is 5.70. The van der Waals surface area contributed by atoms with Gasteiger partial charge < -0.3 is 15.0 Å². The number of fused-ring (bicyclic) bond motifs is 1. The fourth-order valence-corrected chi connectivity index (χ4v) is 3.02. The molecular formula is C13H19N3O2. The third-order valence-corrected chi connectivity index (χ3v) is 4.09. The van der Waals surface area contributed by atoms with Gasteiger partial charge in [-0.2, -0.15) is 0 Å². The highest BCUT2D eigenvalue weighted by Gasteiger charge is 2.29. The number of hydrogen-bond donors (Lipinski definition) is 2. The highest BCUT2D eigenvalue weighted by Crippen LogP contribution is 2.28. The molecule has 0 radical (unpaired) electrons. The Balaban J connectivity index is 1.84. The van der Waals surface area contributed by atoms with Crippen molar-refractivity contribution in [2.45, 2.75) is 44.7 Å². The lowest BCUT2D eigenvalue weighted by molar-refractivity contribution is -0.142. The van der Waals surface area contributed by atoms with Gasteiger partial charge in [0.2, 0.25) is 0 Å². The molecule has 3 heterocycles. The van der Waals surface area contributed by atoms with Crippen LogP contribution in [-0.2, 0) is 17.8 Å². The minimum atomic E-state index is -0.683. The van der Waals surface area contributed by atoms with Crippen molar-refractivity contribution in [1.82, 2.24) is 14.9 Å². The first-order valence-electron chi connectivity index (χ1n) is 6.76. The molecular weight excluding hydrogens is 230 g/mol. The van der Waals surface area contributed by atoms with Crippen LogP contribution in [-0.4, -0.2) is 27.2 Å². The average Bonchev–Trinajstić information content (AvgIpc) is 2.82. The van der Waals surface area contributed by atoms with E-state index in [4.69, 9.17) is 5.11 Å². The second-order valence-electron chi connectivity index (χ2n) is 5.29. The molecule has 1 saturated heterocycles. The van der Waals surface area contributed by atoms with Crippen LogP contribution < -0.4 is 5.32 Å². The van der Waals surface area contributed by atoms with E-state index in [9.17, 15) is 4.79 Å². The zero-order valence-electron chi connectivity index (χ0n) is 10.4. The molecule has 5 heteroatoms. The van der Waals surface area contributed by atoms with Crippen LogP contribution in [0.1, 0.15) is 43.2 Å². The van der Waals surface area contributed by atoms with Gasteiger partial charge in [-0.1, -0.05) is 6.42 Å². The van der Waals surface area contributed by atoms with Crippen molar-refractivity contribution in [3.63, 3.8) is 0 Å². The number of hydrogen-bond acceptors (Lipinski definition) is 3. The molecule has 1 fully saturated rings. The summed E-state index contributed by atoms with van der Waals surface area (Å²) in [5.74, 6) is 0.0987. The summed E-state index contributed by atoms with van der Waals surface area (Å²) in [5, 5.41) is 12.6. The second kappa shape index (κ2) is 4.72. The lowest BCUT2D eigenvalue weighted by Crippen LogP contribution is -2.32. The molecule has 0 saturated carbocycles. The van der Waals surface area contributed by atoms with Crippen molar-refractivity contribution in [2.24, 2.45) is 5.92 Å². The number of carbonyl (C=O) groups is 1. The number of aliphatic carboxylic acids is 1. The monoisotopic (exact) mass is 249 g/mol. The van der Waals surface area contributed by atoms with E-state index in [0.717, 1.165) is 31.6 Å². The molecule has 2 aliphatic heterocycles. The van der Waals surface area contributed by atoms with Crippen molar-refractivity contribution in [3.8, 4) is 0 Å². The van der Waals surface area contributed by atoms with Gasteiger partial charge in [-0.05, 0) is 32.2 Å². The summed E-state index contributed by atoms with van der Waals surface area (Å²) >= 11 is 0. The van der Waals surface area contributed by atoms with Crippen molar-refractivity contribution in [3.05, 3.63) is 17.7 Å². The second-order valence-corrected chi connectivity index (χ2v) is 5.29.